The van der Waals surface area contributed by atoms with Crippen LogP contribution >= 0.6 is 0 Å². The Hall–Kier alpha value is -4.82. The third-order valence-electron chi connectivity index (χ3n) is 7.30. The van der Waals surface area contributed by atoms with Gasteiger partial charge in [-0.3, -0.25) is 4.79 Å². The number of benzene rings is 4. The average molecular weight is 539 g/mol. The number of phenols is 1. The molecule has 0 saturated heterocycles. The van der Waals surface area contributed by atoms with E-state index in [1.54, 1.807) is 42.5 Å². The van der Waals surface area contributed by atoms with Crippen LogP contribution in [0.5, 0.6) is 17.2 Å². The van der Waals surface area contributed by atoms with Gasteiger partial charge in [0, 0.05) is 44.9 Å². The van der Waals surface area contributed by atoms with Crippen LogP contribution in [0.2, 0.25) is 0 Å². The summed E-state index contributed by atoms with van der Waals surface area (Å²) in [6.45, 7) is -0.0903. The number of fused-ring (bicyclic) bond motifs is 4. The number of methoxy groups -OCH3 is 1. The second kappa shape index (κ2) is 10.4. The minimum absolute atomic E-state index is 0.0164. The number of carbonyl (C=O) groups is 1. The number of amides is 1. The van der Waals surface area contributed by atoms with Gasteiger partial charge in [0.2, 0.25) is 0 Å². The van der Waals surface area contributed by atoms with Crippen LogP contribution in [0, 0.1) is 5.82 Å². The maximum Gasteiger partial charge on any atom is 0.252 e. The molecule has 1 aromatic heterocycles. The smallest absolute Gasteiger partial charge is 0.252 e. The number of hydrogen-bond donors (Lipinski definition) is 4. The molecule has 2 heterocycles. The topological polar surface area (TPSA) is 104 Å². The molecule has 0 spiro atoms. The van der Waals surface area contributed by atoms with Gasteiger partial charge >= 0.3 is 0 Å². The Bertz CT molecular complexity index is 1750. The van der Waals surface area contributed by atoms with Gasteiger partial charge in [-0.15, -0.1) is 0 Å². The van der Waals surface area contributed by atoms with E-state index in [4.69, 9.17) is 9.47 Å². The summed E-state index contributed by atoms with van der Waals surface area (Å²) in [4.78, 5) is 17.0. The molecule has 4 aromatic carbocycles. The number of aliphatic hydroxyl groups is 1. The van der Waals surface area contributed by atoms with E-state index < -0.39 is 17.8 Å². The Kier molecular flexibility index (Phi) is 6.61. The van der Waals surface area contributed by atoms with Crippen LogP contribution in [-0.2, 0) is 13.0 Å². The number of ether oxygens (including phenoxy) is 2. The molecule has 0 fully saturated rings. The Morgan fingerprint density at radius 1 is 1.05 bits per heavy atom. The molecule has 4 N–H and O–H groups in total. The number of aromatic nitrogens is 1. The molecule has 202 valence electrons. The summed E-state index contributed by atoms with van der Waals surface area (Å²) in [5.41, 5.74) is 4.86. The van der Waals surface area contributed by atoms with Crippen LogP contribution < -0.4 is 14.8 Å². The summed E-state index contributed by atoms with van der Waals surface area (Å²) in [5, 5.41) is 24.4. The molecule has 40 heavy (non-hydrogen) atoms. The zero-order valence-electron chi connectivity index (χ0n) is 21.7. The van der Waals surface area contributed by atoms with E-state index in [2.05, 4.69) is 10.3 Å². The number of aromatic hydroxyl groups is 1. The highest BCUT2D eigenvalue weighted by Crippen LogP contribution is 2.45. The lowest BCUT2D eigenvalue weighted by Gasteiger charge is -2.25. The molecule has 1 aliphatic rings. The molecule has 0 radical (unpaired) electrons. The largest absolute Gasteiger partial charge is 0.504 e. The first kappa shape index (κ1) is 25.5. The quantitative estimate of drug-likeness (QED) is 0.217. The van der Waals surface area contributed by atoms with Crippen LogP contribution in [0.1, 0.15) is 21.5 Å². The number of para-hydroxylation sites is 1. The van der Waals surface area contributed by atoms with Gasteiger partial charge in [0.15, 0.2) is 11.5 Å². The van der Waals surface area contributed by atoms with E-state index in [-0.39, 0.29) is 35.8 Å². The number of hydrogen-bond acceptors (Lipinski definition) is 5. The molecular formula is C32H27FN2O5. The third-order valence-corrected chi connectivity index (χ3v) is 7.30. The molecule has 1 atom stereocenters. The van der Waals surface area contributed by atoms with Crippen LogP contribution in [0.4, 0.5) is 4.39 Å². The normalized spacial score (nSPS) is 12.8. The predicted molar refractivity (Wildman–Crippen MR) is 150 cm³/mol. The number of phenolic OH excluding ortho intramolecular Hbond substituents is 1. The fourth-order valence-corrected chi connectivity index (χ4v) is 5.29. The summed E-state index contributed by atoms with van der Waals surface area (Å²) >= 11 is 0. The molecule has 0 aliphatic carbocycles. The van der Waals surface area contributed by atoms with Gasteiger partial charge in [-0.2, -0.15) is 0 Å². The molecule has 0 saturated carbocycles. The van der Waals surface area contributed by atoms with Gasteiger partial charge in [0.25, 0.3) is 5.91 Å². The molecule has 1 aliphatic heterocycles. The van der Waals surface area contributed by atoms with Crippen molar-refractivity contribution in [3.63, 3.8) is 0 Å². The number of aliphatic hydroxyl groups excluding tert-OH is 1. The second-order valence-electron chi connectivity index (χ2n) is 9.76. The van der Waals surface area contributed by atoms with Crippen molar-refractivity contribution in [3.05, 3.63) is 102 Å². The number of H-pyrrole nitrogens is 1. The minimum Gasteiger partial charge on any atom is -0.504 e. The number of aromatic amines is 1. The SMILES string of the molecule is COc1cc2c(cc1O)COc1cc(-c3ccccc3F)c(C(=O)N[C@@H](CO)Cc3c[nH]c4ccccc34)cc1-2. The first-order valence-corrected chi connectivity index (χ1v) is 12.9. The molecule has 6 rings (SSSR count). The van der Waals surface area contributed by atoms with Gasteiger partial charge in [-0.05, 0) is 53.9 Å². The van der Waals surface area contributed by atoms with Gasteiger partial charge in [-0.25, -0.2) is 4.39 Å². The summed E-state index contributed by atoms with van der Waals surface area (Å²) in [7, 11) is 1.46. The lowest BCUT2D eigenvalue weighted by atomic mass is 9.90. The fourth-order valence-electron chi connectivity index (χ4n) is 5.29. The van der Waals surface area contributed by atoms with E-state index in [9.17, 15) is 15.0 Å². The number of carbonyl (C=O) groups excluding carboxylic acids is 1. The van der Waals surface area contributed by atoms with E-state index in [1.807, 2.05) is 30.5 Å². The zero-order valence-corrected chi connectivity index (χ0v) is 21.7. The van der Waals surface area contributed by atoms with E-state index in [0.29, 0.717) is 23.3 Å². The van der Waals surface area contributed by atoms with Gasteiger partial charge < -0.3 is 30.0 Å². The first-order valence-electron chi connectivity index (χ1n) is 12.9. The Balaban J connectivity index is 1.42. The summed E-state index contributed by atoms with van der Waals surface area (Å²) in [6.07, 6.45) is 2.27. The van der Waals surface area contributed by atoms with Crippen LogP contribution in [0.15, 0.2) is 79.0 Å². The van der Waals surface area contributed by atoms with Gasteiger partial charge in [0.1, 0.15) is 18.2 Å². The van der Waals surface area contributed by atoms with E-state index >= 15 is 4.39 Å². The highest BCUT2D eigenvalue weighted by molar-refractivity contribution is 6.03. The highest BCUT2D eigenvalue weighted by Gasteiger charge is 2.26. The van der Waals surface area contributed by atoms with Crippen molar-refractivity contribution in [2.24, 2.45) is 0 Å². The van der Waals surface area contributed by atoms with Crippen LogP contribution in [0.25, 0.3) is 33.2 Å². The van der Waals surface area contributed by atoms with Crippen molar-refractivity contribution in [3.8, 4) is 39.5 Å². The van der Waals surface area contributed by atoms with Gasteiger partial charge in [-0.1, -0.05) is 36.4 Å². The number of rotatable bonds is 7. The van der Waals surface area contributed by atoms with Crippen molar-refractivity contribution in [2.75, 3.05) is 13.7 Å². The van der Waals surface area contributed by atoms with Gasteiger partial charge in [0.05, 0.1) is 19.8 Å². The molecule has 8 heteroatoms. The molecule has 1 amide bonds. The highest BCUT2D eigenvalue weighted by atomic mass is 19.1. The van der Waals surface area contributed by atoms with Crippen molar-refractivity contribution in [1.29, 1.82) is 0 Å². The maximum absolute atomic E-state index is 15.0. The maximum atomic E-state index is 15.0. The molecule has 5 aromatic rings. The first-order chi connectivity index (χ1) is 19.5. The lowest BCUT2D eigenvalue weighted by molar-refractivity contribution is 0.0917. The average Bonchev–Trinajstić information content (AvgIpc) is 3.38. The lowest BCUT2D eigenvalue weighted by Crippen LogP contribution is -2.39. The van der Waals surface area contributed by atoms with Crippen molar-refractivity contribution >= 4 is 16.8 Å². The van der Waals surface area contributed by atoms with Crippen molar-refractivity contribution < 1.29 is 28.9 Å². The summed E-state index contributed by atoms with van der Waals surface area (Å²) in [5.74, 6) is -0.186. The Labute approximate surface area is 229 Å². The van der Waals surface area contributed by atoms with E-state index in [1.165, 1.54) is 13.2 Å². The molecular weight excluding hydrogens is 511 g/mol. The predicted octanol–water partition coefficient (Wildman–Crippen LogP) is 5.58. The second-order valence-corrected chi connectivity index (χ2v) is 9.76. The molecule has 7 nitrogen and oxygen atoms in total. The molecule has 0 bridgehead atoms. The summed E-state index contributed by atoms with van der Waals surface area (Å²) in [6, 6.07) is 20.1. The Morgan fingerprint density at radius 2 is 1.85 bits per heavy atom. The standard InChI is InChI=1S/C32H27FN2O5/c1-39-31-13-23-19(11-29(31)37)17-40-30-14-24(22-7-2-4-8-27(22)33)26(12-25(23)30)32(38)35-20(16-36)10-18-15-34-28-9-5-3-6-21(18)28/h2-9,11-15,20,34,36-37H,10,16-17H2,1H3,(H,35,38)/t20-/m1/s1. The zero-order chi connectivity index (χ0) is 27.8. The fraction of sp³-hybridized carbons (Fsp3) is 0.156. The number of halogens is 1. The molecule has 0 unspecified atom stereocenters. The third kappa shape index (κ3) is 4.52. The Morgan fingerprint density at radius 3 is 2.65 bits per heavy atom. The van der Waals surface area contributed by atoms with Crippen LogP contribution in [0.3, 0.4) is 0 Å². The monoisotopic (exact) mass is 538 g/mol. The minimum atomic E-state index is -0.586. The van der Waals surface area contributed by atoms with E-state index in [0.717, 1.165) is 27.6 Å². The van der Waals surface area contributed by atoms with Crippen LogP contribution in [-0.4, -0.2) is 40.9 Å². The number of nitrogens with one attached hydrogen (secondary N) is 2. The van der Waals surface area contributed by atoms with Crippen molar-refractivity contribution in [2.45, 2.75) is 19.1 Å². The summed E-state index contributed by atoms with van der Waals surface area (Å²) < 4.78 is 26.3. The van der Waals surface area contributed by atoms with Crippen molar-refractivity contribution in [1.82, 2.24) is 10.3 Å².